The molecule has 0 spiro atoms. The van der Waals surface area contributed by atoms with E-state index in [0.29, 0.717) is 11.6 Å². The van der Waals surface area contributed by atoms with Crippen molar-refractivity contribution >= 4 is 23.1 Å². The van der Waals surface area contributed by atoms with Crippen molar-refractivity contribution in [3.05, 3.63) is 59.9 Å². The summed E-state index contributed by atoms with van der Waals surface area (Å²) in [6, 6.07) is 11.3. The van der Waals surface area contributed by atoms with Crippen LogP contribution in [0.4, 0.5) is 5.82 Å². The van der Waals surface area contributed by atoms with Gasteiger partial charge in [0.25, 0.3) is 0 Å². The van der Waals surface area contributed by atoms with Gasteiger partial charge in [-0.25, -0.2) is 9.97 Å². The number of hydrogen-bond donors (Lipinski definition) is 1. The molecule has 0 radical (unpaired) electrons. The summed E-state index contributed by atoms with van der Waals surface area (Å²) in [7, 11) is 2.11. The normalized spacial score (nSPS) is 16.6. The number of nitrogens with zero attached hydrogens (tertiary/aromatic N) is 5. The Balaban J connectivity index is 1.57. The Bertz CT molecular complexity index is 909. The van der Waals surface area contributed by atoms with Gasteiger partial charge < -0.3 is 10.2 Å². The Hall–Kier alpha value is -2.68. The van der Waals surface area contributed by atoms with Crippen molar-refractivity contribution < 1.29 is 4.79 Å². The quantitative estimate of drug-likeness (QED) is 0.717. The number of hydrogen-bond acceptors (Lipinski definition) is 7. The molecule has 4 rings (SSSR count). The molecule has 1 amide bonds. The Kier molecular flexibility index (Phi) is 5.70. The van der Waals surface area contributed by atoms with Gasteiger partial charge in [-0.2, -0.15) is 0 Å². The molecule has 2 aromatic heterocycles. The van der Waals surface area contributed by atoms with Crippen LogP contribution >= 0.6 is 11.3 Å². The van der Waals surface area contributed by atoms with E-state index in [9.17, 15) is 4.79 Å². The maximum Gasteiger partial charge on any atom is 0.247 e. The smallest absolute Gasteiger partial charge is 0.247 e. The second kappa shape index (κ2) is 8.55. The highest BCUT2D eigenvalue weighted by Crippen LogP contribution is 2.25. The number of piperazine rings is 1. The maximum atomic E-state index is 13.3. The van der Waals surface area contributed by atoms with Crippen molar-refractivity contribution in [2.45, 2.75) is 6.04 Å². The Labute approximate surface area is 168 Å². The molecule has 1 aliphatic rings. The Morgan fingerprint density at radius 3 is 2.64 bits per heavy atom. The van der Waals surface area contributed by atoms with Crippen LogP contribution < -0.4 is 5.32 Å². The van der Waals surface area contributed by atoms with Gasteiger partial charge in [-0.3, -0.25) is 14.7 Å². The minimum Gasteiger partial charge on any atom is -0.309 e. The summed E-state index contributed by atoms with van der Waals surface area (Å²) in [5, 5.41) is 2.99. The van der Waals surface area contributed by atoms with Crippen LogP contribution in [0.25, 0.3) is 10.7 Å². The van der Waals surface area contributed by atoms with Crippen LogP contribution in [0.1, 0.15) is 11.6 Å². The van der Waals surface area contributed by atoms with Gasteiger partial charge in [0.15, 0.2) is 5.82 Å². The molecule has 0 unspecified atom stereocenters. The molecule has 1 aliphatic heterocycles. The van der Waals surface area contributed by atoms with E-state index in [2.05, 4.69) is 37.1 Å². The van der Waals surface area contributed by atoms with Gasteiger partial charge in [0.1, 0.15) is 11.9 Å². The standard InChI is InChI=1S/C20H22N6OS/c1-25-9-11-26(12-10-25)18(15-5-3-2-4-6-15)20(27)24-17-7-8-22-19(23-17)16-13-21-14-28-16/h2-8,13-14,18H,9-12H2,1H3,(H,22,23,24,27)/t18-/m1/s1. The lowest BCUT2D eigenvalue weighted by molar-refractivity contribution is -0.122. The second-order valence-electron chi connectivity index (χ2n) is 6.77. The van der Waals surface area contributed by atoms with Crippen molar-refractivity contribution in [1.29, 1.82) is 0 Å². The van der Waals surface area contributed by atoms with E-state index < -0.39 is 0 Å². The fourth-order valence-corrected chi connectivity index (χ4v) is 3.87. The van der Waals surface area contributed by atoms with Crippen LogP contribution in [0.3, 0.4) is 0 Å². The molecule has 0 bridgehead atoms. The lowest BCUT2D eigenvalue weighted by atomic mass is 10.0. The first-order chi connectivity index (χ1) is 13.7. The Morgan fingerprint density at radius 1 is 1.14 bits per heavy atom. The zero-order valence-corrected chi connectivity index (χ0v) is 16.5. The SMILES string of the molecule is CN1CCN([C@@H](C(=O)Nc2ccnc(-c3cncs3)n2)c2ccccc2)CC1. The summed E-state index contributed by atoms with van der Waals surface area (Å²) in [4.78, 5) is 31.5. The summed E-state index contributed by atoms with van der Waals surface area (Å²) in [6.07, 6.45) is 3.38. The van der Waals surface area contributed by atoms with E-state index in [1.54, 1.807) is 24.0 Å². The zero-order chi connectivity index (χ0) is 19.3. The first-order valence-corrected chi connectivity index (χ1v) is 10.1. The average Bonchev–Trinajstić information content (AvgIpc) is 3.26. The van der Waals surface area contributed by atoms with Gasteiger partial charge in [0, 0.05) is 38.6 Å². The predicted octanol–water partition coefficient (Wildman–Crippen LogP) is 2.53. The Morgan fingerprint density at radius 2 is 1.93 bits per heavy atom. The van der Waals surface area contributed by atoms with Crippen LogP contribution in [-0.4, -0.2) is 63.9 Å². The molecule has 1 fully saturated rings. The lowest BCUT2D eigenvalue weighted by Crippen LogP contribution is -2.48. The molecule has 1 N–H and O–H groups in total. The second-order valence-corrected chi connectivity index (χ2v) is 7.66. The number of benzene rings is 1. The van der Waals surface area contributed by atoms with E-state index in [-0.39, 0.29) is 11.9 Å². The van der Waals surface area contributed by atoms with Crippen LogP contribution in [-0.2, 0) is 4.79 Å². The summed E-state index contributed by atoms with van der Waals surface area (Å²) in [5.74, 6) is 0.985. The number of thiazole rings is 1. The number of carbonyl (C=O) groups is 1. The van der Waals surface area contributed by atoms with Gasteiger partial charge in [-0.15, -0.1) is 11.3 Å². The molecule has 1 atom stereocenters. The third kappa shape index (κ3) is 4.24. The highest BCUT2D eigenvalue weighted by Gasteiger charge is 2.30. The van der Waals surface area contributed by atoms with Gasteiger partial charge in [0.2, 0.25) is 5.91 Å². The molecule has 3 heterocycles. The number of carbonyl (C=O) groups excluding carboxylic acids is 1. The van der Waals surface area contributed by atoms with E-state index in [0.717, 1.165) is 36.6 Å². The molecule has 144 valence electrons. The number of aromatic nitrogens is 3. The molecule has 7 nitrogen and oxygen atoms in total. The number of nitrogens with one attached hydrogen (secondary N) is 1. The zero-order valence-electron chi connectivity index (χ0n) is 15.7. The summed E-state index contributed by atoms with van der Waals surface area (Å²) < 4.78 is 0. The summed E-state index contributed by atoms with van der Waals surface area (Å²) in [5.41, 5.74) is 2.73. The van der Waals surface area contributed by atoms with E-state index in [4.69, 9.17) is 0 Å². The summed E-state index contributed by atoms with van der Waals surface area (Å²) >= 11 is 1.47. The van der Waals surface area contributed by atoms with Gasteiger partial charge in [0.05, 0.1) is 10.4 Å². The molecular formula is C20H22N6OS. The monoisotopic (exact) mass is 394 g/mol. The molecular weight excluding hydrogens is 372 g/mol. The maximum absolute atomic E-state index is 13.3. The highest BCUT2D eigenvalue weighted by molar-refractivity contribution is 7.13. The van der Waals surface area contributed by atoms with Gasteiger partial charge >= 0.3 is 0 Å². The molecule has 8 heteroatoms. The van der Waals surface area contributed by atoms with Gasteiger partial charge in [-0.1, -0.05) is 30.3 Å². The van der Waals surface area contributed by atoms with Crippen molar-refractivity contribution in [1.82, 2.24) is 24.8 Å². The van der Waals surface area contributed by atoms with E-state index in [1.165, 1.54) is 11.3 Å². The largest absolute Gasteiger partial charge is 0.309 e. The third-order valence-electron chi connectivity index (χ3n) is 4.83. The summed E-state index contributed by atoms with van der Waals surface area (Å²) in [6.45, 7) is 3.58. The minimum absolute atomic E-state index is 0.0790. The van der Waals surface area contributed by atoms with Gasteiger partial charge in [-0.05, 0) is 18.7 Å². The third-order valence-corrected chi connectivity index (χ3v) is 5.60. The van der Waals surface area contributed by atoms with Crippen LogP contribution in [0.2, 0.25) is 0 Å². The van der Waals surface area contributed by atoms with E-state index >= 15 is 0 Å². The number of rotatable bonds is 5. The molecule has 28 heavy (non-hydrogen) atoms. The molecule has 0 saturated carbocycles. The average molecular weight is 395 g/mol. The van der Waals surface area contributed by atoms with Crippen LogP contribution in [0, 0.1) is 0 Å². The predicted molar refractivity (Wildman–Crippen MR) is 110 cm³/mol. The fourth-order valence-electron chi connectivity index (χ4n) is 3.31. The van der Waals surface area contributed by atoms with Crippen LogP contribution in [0.5, 0.6) is 0 Å². The topological polar surface area (TPSA) is 74.2 Å². The van der Waals surface area contributed by atoms with E-state index in [1.807, 2.05) is 30.3 Å². The number of amides is 1. The molecule has 1 saturated heterocycles. The molecule has 1 aromatic carbocycles. The highest BCUT2D eigenvalue weighted by atomic mass is 32.1. The first-order valence-electron chi connectivity index (χ1n) is 9.21. The number of anilines is 1. The molecule has 3 aromatic rings. The minimum atomic E-state index is -0.350. The lowest BCUT2D eigenvalue weighted by Gasteiger charge is -2.37. The fraction of sp³-hybridized carbons (Fsp3) is 0.300. The van der Waals surface area contributed by atoms with Crippen molar-refractivity contribution in [2.75, 3.05) is 38.5 Å². The van der Waals surface area contributed by atoms with Crippen molar-refractivity contribution in [3.8, 4) is 10.7 Å². The van der Waals surface area contributed by atoms with Crippen molar-refractivity contribution in [2.24, 2.45) is 0 Å². The van der Waals surface area contributed by atoms with Crippen LogP contribution in [0.15, 0.2) is 54.3 Å². The first kappa shape index (κ1) is 18.7. The molecule has 0 aliphatic carbocycles. The van der Waals surface area contributed by atoms with Crippen molar-refractivity contribution in [3.63, 3.8) is 0 Å². The number of likely N-dealkylation sites (N-methyl/N-ethyl adjacent to an activating group) is 1.